The van der Waals surface area contributed by atoms with E-state index in [0.29, 0.717) is 11.3 Å². The molecule has 0 spiro atoms. The molecule has 1 fully saturated rings. The summed E-state index contributed by atoms with van der Waals surface area (Å²) in [6.45, 7) is 3.99. The minimum absolute atomic E-state index is 0.0774. The highest BCUT2D eigenvalue weighted by Crippen LogP contribution is 2.21. The average molecular weight is 392 g/mol. The Kier molecular flexibility index (Phi) is 5.18. The average Bonchev–Trinajstić information content (AvgIpc) is 3.08. The maximum absolute atomic E-state index is 12.5. The molecule has 1 aliphatic rings. The summed E-state index contributed by atoms with van der Waals surface area (Å²) in [4.78, 5) is 33.2. The Balaban J connectivity index is 1.44. The molecular formula is C21H24N6O2. The number of carbonyl (C=O) groups excluding carboxylic acids is 2. The highest BCUT2D eigenvalue weighted by molar-refractivity contribution is 6.06. The molecule has 1 aliphatic heterocycles. The van der Waals surface area contributed by atoms with Crippen LogP contribution in [0.5, 0.6) is 0 Å². The molecular weight excluding hydrogens is 368 g/mol. The van der Waals surface area contributed by atoms with Crippen LogP contribution in [-0.2, 0) is 11.3 Å². The van der Waals surface area contributed by atoms with Crippen molar-refractivity contribution in [2.45, 2.75) is 6.54 Å². The topological polar surface area (TPSA) is 96.5 Å². The number of fused-ring (bicyclic) bond motifs is 1. The number of amides is 2. The molecule has 0 atom stereocenters. The van der Waals surface area contributed by atoms with Gasteiger partial charge in [-0.3, -0.25) is 9.59 Å². The van der Waals surface area contributed by atoms with Gasteiger partial charge in [0.2, 0.25) is 5.91 Å². The van der Waals surface area contributed by atoms with Gasteiger partial charge in [-0.15, -0.1) is 0 Å². The second-order valence-electron chi connectivity index (χ2n) is 7.30. The van der Waals surface area contributed by atoms with Gasteiger partial charge in [0, 0.05) is 43.3 Å². The number of benzene rings is 1. The van der Waals surface area contributed by atoms with E-state index in [2.05, 4.69) is 27.1 Å². The lowest BCUT2D eigenvalue weighted by atomic mass is 10.2. The predicted octanol–water partition coefficient (Wildman–Crippen LogP) is 1.53. The molecule has 3 heterocycles. The third kappa shape index (κ3) is 4.07. The van der Waals surface area contributed by atoms with E-state index < -0.39 is 5.91 Å². The van der Waals surface area contributed by atoms with E-state index in [9.17, 15) is 9.59 Å². The lowest BCUT2D eigenvalue weighted by Crippen LogP contribution is -2.44. The summed E-state index contributed by atoms with van der Waals surface area (Å²) < 4.78 is 1.73. The van der Waals surface area contributed by atoms with E-state index in [-0.39, 0.29) is 12.5 Å². The first-order valence-electron chi connectivity index (χ1n) is 9.58. The van der Waals surface area contributed by atoms with Crippen molar-refractivity contribution in [3.8, 4) is 0 Å². The molecule has 1 saturated heterocycles. The standard InChI is InChI=1S/C21H24N6O2/c1-25-8-10-26(11-9-25)19-7-6-15(12-23-19)24-20(28)14-27-13-17(21(22)29)16-4-2-3-5-18(16)27/h2-7,12-13H,8-11,14H2,1H3,(H2,22,29)(H,24,28). The number of piperazine rings is 1. The van der Waals surface area contributed by atoms with Gasteiger partial charge >= 0.3 is 0 Å². The van der Waals surface area contributed by atoms with E-state index >= 15 is 0 Å². The largest absolute Gasteiger partial charge is 0.366 e. The van der Waals surface area contributed by atoms with E-state index in [0.717, 1.165) is 42.9 Å². The van der Waals surface area contributed by atoms with Crippen LogP contribution in [-0.4, -0.2) is 59.5 Å². The number of carbonyl (C=O) groups is 2. The zero-order valence-electron chi connectivity index (χ0n) is 16.3. The van der Waals surface area contributed by atoms with Crippen molar-refractivity contribution < 1.29 is 9.59 Å². The second-order valence-corrected chi connectivity index (χ2v) is 7.30. The van der Waals surface area contributed by atoms with Gasteiger partial charge in [0.05, 0.1) is 17.4 Å². The summed E-state index contributed by atoms with van der Waals surface area (Å²) in [6, 6.07) is 11.2. The van der Waals surface area contributed by atoms with Crippen LogP contribution in [0.4, 0.5) is 11.5 Å². The highest BCUT2D eigenvalue weighted by Gasteiger charge is 2.16. The van der Waals surface area contributed by atoms with Crippen molar-refractivity contribution in [1.29, 1.82) is 0 Å². The van der Waals surface area contributed by atoms with Crippen LogP contribution in [0, 0.1) is 0 Å². The van der Waals surface area contributed by atoms with Crippen LogP contribution in [0.3, 0.4) is 0 Å². The van der Waals surface area contributed by atoms with Crippen molar-refractivity contribution in [1.82, 2.24) is 14.5 Å². The fourth-order valence-corrected chi connectivity index (χ4v) is 3.61. The molecule has 0 aliphatic carbocycles. The number of likely N-dealkylation sites (N-methyl/N-ethyl adjacent to an activating group) is 1. The normalized spacial score (nSPS) is 14.9. The Morgan fingerprint density at radius 2 is 1.86 bits per heavy atom. The summed E-state index contributed by atoms with van der Waals surface area (Å²) in [6.07, 6.45) is 3.30. The van der Waals surface area contributed by atoms with E-state index in [1.807, 2.05) is 36.4 Å². The Bertz CT molecular complexity index is 1040. The van der Waals surface area contributed by atoms with Crippen LogP contribution < -0.4 is 16.0 Å². The lowest BCUT2D eigenvalue weighted by Gasteiger charge is -2.33. The van der Waals surface area contributed by atoms with Gasteiger partial charge in [-0.25, -0.2) is 4.98 Å². The third-order valence-electron chi connectivity index (χ3n) is 5.23. The molecule has 150 valence electrons. The van der Waals surface area contributed by atoms with E-state index in [1.54, 1.807) is 17.0 Å². The molecule has 8 heteroatoms. The third-order valence-corrected chi connectivity index (χ3v) is 5.23. The zero-order chi connectivity index (χ0) is 20.4. The molecule has 2 amide bonds. The molecule has 0 bridgehead atoms. The number of rotatable bonds is 5. The van der Waals surface area contributed by atoms with Crippen LogP contribution in [0.2, 0.25) is 0 Å². The van der Waals surface area contributed by atoms with Crippen molar-refractivity contribution >= 4 is 34.2 Å². The molecule has 4 rings (SSSR count). The summed E-state index contributed by atoms with van der Waals surface area (Å²) in [5, 5.41) is 3.61. The summed E-state index contributed by atoms with van der Waals surface area (Å²) in [7, 11) is 2.11. The molecule has 8 nitrogen and oxygen atoms in total. The van der Waals surface area contributed by atoms with Gasteiger partial charge in [-0.05, 0) is 25.2 Å². The number of primary amides is 1. The van der Waals surface area contributed by atoms with Crippen LogP contribution in [0.15, 0.2) is 48.8 Å². The first-order chi connectivity index (χ1) is 14.0. The fourth-order valence-electron chi connectivity index (χ4n) is 3.61. The Morgan fingerprint density at radius 3 is 2.55 bits per heavy atom. The number of aromatic nitrogens is 2. The maximum atomic E-state index is 12.5. The molecule has 2 aromatic heterocycles. The number of pyridine rings is 1. The SMILES string of the molecule is CN1CCN(c2ccc(NC(=O)Cn3cc(C(N)=O)c4ccccc43)cn2)CC1. The van der Waals surface area contributed by atoms with Gasteiger partial charge in [0.15, 0.2) is 0 Å². The number of para-hydroxylation sites is 1. The quantitative estimate of drug-likeness (QED) is 0.686. The summed E-state index contributed by atoms with van der Waals surface area (Å²) in [5.41, 5.74) is 7.30. The molecule has 0 radical (unpaired) electrons. The number of hydrogen-bond donors (Lipinski definition) is 2. The summed E-state index contributed by atoms with van der Waals surface area (Å²) in [5.74, 6) is 0.207. The number of anilines is 2. The Labute approximate surface area is 168 Å². The number of nitrogens with two attached hydrogens (primary N) is 1. The van der Waals surface area contributed by atoms with Gasteiger partial charge in [0.25, 0.3) is 5.91 Å². The minimum atomic E-state index is -0.510. The summed E-state index contributed by atoms with van der Waals surface area (Å²) >= 11 is 0. The molecule has 1 aromatic carbocycles. The maximum Gasteiger partial charge on any atom is 0.250 e. The number of nitrogens with zero attached hydrogens (tertiary/aromatic N) is 4. The van der Waals surface area contributed by atoms with Crippen LogP contribution >= 0.6 is 0 Å². The van der Waals surface area contributed by atoms with Gasteiger partial charge in [-0.1, -0.05) is 18.2 Å². The van der Waals surface area contributed by atoms with E-state index in [4.69, 9.17) is 5.73 Å². The molecule has 0 unspecified atom stereocenters. The first kappa shape index (κ1) is 18.9. The Morgan fingerprint density at radius 1 is 1.10 bits per heavy atom. The molecule has 3 aromatic rings. The smallest absolute Gasteiger partial charge is 0.250 e. The van der Waals surface area contributed by atoms with Gasteiger partial charge in [-0.2, -0.15) is 0 Å². The fraction of sp³-hybridized carbons (Fsp3) is 0.286. The number of nitrogens with one attached hydrogen (secondary N) is 1. The molecule has 3 N–H and O–H groups in total. The Hall–Kier alpha value is -3.39. The lowest BCUT2D eigenvalue weighted by molar-refractivity contribution is -0.116. The number of hydrogen-bond acceptors (Lipinski definition) is 5. The van der Waals surface area contributed by atoms with Crippen molar-refractivity contribution in [3.05, 3.63) is 54.4 Å². The predicted molar refractivity (Wildman–Crippen MR) is 113 cm³/mol. The minimum Gasteiger partial charge on any atom is -0.366 e. The van der Waals surface area contributed by atoms with Crippen molar-refractivity contribution in [2.75, 3.05) is 43.4 Å². The van der Waals surface area contributed by atoms with Gasteiger partial charge < -0.3 is 25.4 Å². The monoisotopic (exact) mass is 392 g/mol. The zero-order valence-corrected chi connectivity index (χ0v) is 16.3. The van der Waals surface area contributed by atoms with Crippen LogP contribution in [0.1, 0.15) is 10.4 Å². The van der Waals surface area contributed by atoms with Crippen LogP contribution in [0.25, 0.3) is 10.9 Å². The van der Waals surface area contributed by atoms with Crippen molar-refractivity contribution in [3.63, 3.8) is 0 Å². The second kappa shape index (κ2) is 7.92. The van der Waals surface area contributed by atoms with E-state index in [1.165, 1.54) is 0 Å². The molecule has 29 heavy (non-hydrogen) atoms. The highest BCUT2D eigenvalue weighted by atomic mass is 16.2. The molecule has 0 saturated carbocycles. The van der Waals surface area contributed by atoms with Crippen molar-refractivity contribution in [2.24, 2.45) is 5.73 Å². The first-order valence-corrected chi connectivity index (χ1v) is 9.58. The van der Waals surface area contributed by atoms with Gasteiger partial charge in [0.1, 0.15) is 12.4 Å².